The third kappa shape index (κ3) is 4.59. The van der Waals surface area contributed by atoms with Crippen molar-refractivity contribution >= 4 is 15.7 Å². The van der Waals surface area contributed by atoms with Crippen molar-refractivity contribution in [2.75, 3.05) is 25.0 Å². The van der Waals surface area contributed by atoms with Crippen molar-refractivity contribution in [2.45, 2.75) is 30.6 Å². The summed E-state index contributed by atoms with van der Waals surface area (Å²) in [5, 5.41) is 0. The van der Waals surface area contributed by atoms with Gasteiger partial charge in [0.15, 0.2) is 0 Å². The highest BCUT2D eigenvalue weighted by atomic mass is 32.2. The summed E-state index contributed by atoms with van der Waals surface area (Å²) in [7, 11) is -2.84. The summed E-state index contributed by atoms with van der Waals surface area (Å²) in [6.07, 6.45) is -2.83. The molecule has 0 aromatic heterocycles. The van der Waals surface area contributed by atoms with Crippen molar-refractivity contribution in [1.82, 2.24) is 4.31 Å². The number of alkyl halides is 3. The van der Waals surface area contributed by atoms with Crippen molar-refractivity contribution < 1.29 is 26.3 Å². The first-order valence-electron chi connectivity index (χ1n) is 8.82. The molecule has 1 aliphatic rings. The van der Waals surface area contributed by atoms with Gasteiger partial charge in [0, 0.05) is 32.4 Å². The summed E-state index contributed by atoms with van der Waals surface area (Å²) in [6, 6.07) is 12.2. The molecule has 9 heteroatoms. The van der Waals surface area contributed by atoms with Gasteiger partial charge >= 0.3 is 6.36 Å². The fourth-order valence-electron chi connectivity index (χ4n) is 3.28. The maximum absolute atomic E-state index is 12.9. The normalized spacial score (nSPS) is 15.2. The van der Waals surface area contributed by atoms with Crippen LogP contribution in [-0.4, -0.2) is 39.2 Å². The lowest BCUT2D eigenvalue weighted by molar-refractivity contribution is -0.275. The molecule has 0 saturated carbocycles. The molecule has 0 aliphatic carbocycles. The number of ether oxygens (including phenoxy) is 1. The highest BCUT2D eigenvalue weighted by Crippen LogP contribution is 2.32. The lowest BCUT2D eigenvalue weighted by Crippen LogP contribution is -2.29. The van der Waals surface area contributed by atoms with Crippen LogP contribution in [0.2, 0.25) is 0 Å². The van der Waals surface area contributed by atoms with Crippen LogP contribution in [0.5, 0.6) is 5.75 Å². The van der Waals surface area contributed by atoms with E-state index in [2.05, 4.69) is 9.64 Å². The van der Waals surface area contributed by atoms with E-state index in [9.17, 15) is 21.6 Å². The second-order valence-electron chi connectivity index (χ2n) is 6.58. The van der Waals surface area contributed by atoms with Crippen LogP contribution >= 0.6 is 0 Å². The first-order chi connectivity index (χ1) is 13.2. The second-order valence-corrected chi connectivity index (χ2v) is 8.59. The lowest BCUT2D eigenvalue weighted by Gasteiger charge is -2.25. The van der Waals surface area contributed by atoms with Crippen molar-refractivity contribution in [1.29, 1.82) is 0 Å². The number of rotatable bonds is 6. The van der Waals surface area contributed by atoms with E-state index in [4.69, 9.17) is 0 Å². The zero-order chi connectivity index (χ0) is 20.4. The fraction of sp³-hybridized carbons (Fsp3) is 0.368. The molecule has 0 N–H and O–H groups in total. The monoisotopic (exact) mass is 414 g/mol. The van der Waals surface area contributed by atoms with Gasteiger partial charge < -0.3 is 9.64 Å². The highest BCUT2D eigenvalue weighted by Gasteiger charge is 2.35. The maximum Gasteiger partial charge on any atom is 0.573 e. The average Bonchev–Trinajstić information content (AvgIpc) is 3.15. The van der Waals surface area contributed by atoms with Crippen molar-refractivity contribution in [2.24, 2.45) is 0 Å². The number of para-hydroxylation sites is 2. The van der Waals surface area contributed by atoms with Gasteiger partial charge in [-0.25, -0.2) is 8.42 Å². The Bertz CT molecular complexity index is 926. The topological polar surface area (TPSA) is 49.9 Å². The Morgan fingerprint density at radius 1 is 1.04 bits per heavy atom. The van der Waals surface area contributed by atoms with Gasteiger partial charge in [0.05, 0.1) is 0 Å². The number of benzene rings is 2. The smallest absolute Gasteiger partial charge is 0.404 e. The predicted molar refractivity (Wildman–Crippen MR) is 99.7 cm³/mol. The Kier molecular flexibility index (Phi) is 5.85. The van der Waals surface area contributed by atoms with Gasteiger partial charge in [-0.3, -0.25) is 0 Å². The van der Waals surface area contributed by atoms with E-state index in [0.717, 1.165) is 53.6 Å². The van der Waals surface area contributed by atoms with Gasteiger partial charge in [0.25, 0.3) is 0 Å². The maximum atomic E-state index is 12.9. The number of sulfonamides is 1. The number of nitrogens with zero attached hydrogens (tertiary/aromatic N) is 2. The minimum atomic E-state index is -4.98. The number of halogens is 3. The third-order valence-electron chi connectivity index (χ3n) is 4.59. The first-order valence-corrected chi connectivity index (χ1v) is 10.3. The van der Waals surface area contributed by atoms with E-state index in [0.29, 0.717) is 0 Å². The van der Waals surface area contributed by atoms with Gasteiger partial charge in [-0.15, -0.1) is 13.2 Å². The molecule has 2 aromatic rings. The van der Waals surface area contributed by atoms with Crippen LogP contribution < -0.4 is 9.64 Å². The Morgan fingerprint density at radius 3 is 2.32 bits per heavy atom. The average molecular weight is 414 g/mol. The largest absolute Gasteiger partial charge is 0.573 e. The molecule has 2 aromatic carbocycles. The molecule has 1 heterocycles. The van der Waals surface area contributed by atoms with Crippen LogP contribution in [0.15, 0.2) is 53.4 Å². The molecule has 1 saturated heterocycles. The van der Waals surface area contributed by atoms with Crippen molar-refractivity contribution in [3.05, 3.63) is 54.1 Å². The summed E-state index contributed by atoms with van der Waals surface area (Å²) in [5.74, 6) is -0.741. The molecule has 1 fully saturated rings. The molecule has 0 bridgehead atoms. The molecule has 0 radical (unpaired) electrons. The van der Waals surface area contributed by atoms with Crippen LogP contribution in [0.4, 0.5) is 18.9 Å². The Labute approximate surface area is 162 Å². The van der Waals surface area contributed by atoms with Crippen LogP contribution in [0.3, 0.4) is 0 Å². The zero-order valence-corrected chi connectivity index (χ0v) is 16.1. The van der Waals surface area contributed by atoms with Crippen LogP contribution in [0, 0.1) is 0 Å². The van der Waals surface area contributed by atoms with E-state index >= 15 is 0 Å². The van der Waals surface area contributed by atoms with Crippen molar-refractivity contribution in [3.63, 3.8) is 0 Å². The van der Waals surface area contributed by atoms with E-state index in [-0.39, 0.29) is 6.54 Å². The molecule has 152 valence electrons. The van der Waals surface area contributed by atoms with E-state index in [1.165, 1.54) is 19.2 Å². The molecule has 0 amide bonds. The number of anilines is 1. The van der Waals surface area contributed by atoms with Gasteiger partial charge in [0.2, 0.25) is 10.0 Å². The summed E-state index contributed by atoms with van der Waals surface area (Å²) in [6.45, 7) is 1.83. The predicted octanol–water partition coefficient (Wildman–Crippen LogP) is 4.01. The summed E-state index contributed by atoms with van der Waals surface area (Å²) >= 11 is 0. The molecular weight excluding hydrogens is 393 g/mol. The molecule has 3 rings (SSSR count). The Hall–Kier alpha value is -2.26. The number of hydrogen-bond donors (Lipinski definition) is 0. The molecular formula is C19H21F3N2O3S. The summed E-state index contributed by atoms with van der Waals surface area (Å²) in [5.41, 5.74) is 1.74. The highest BCUT2D eigenvalue weighted by molar-refractivity contribution is 7.89. The standard InChI is InChI=1S/C19H21F3N2O3S/c1-23(14-15-8-2-3-9-16(15)24-12-6-7-13-24)28(25,26)18-11-5-4-10-17(18)27-19(20,21)22/h2-5,8-11H,6-7,12-14H2,1H3. The number of hydrogen-bond acceptors (Lipinski definition) is 4. The Morgan fingerprint density at radius 2 is 1.64 bits per heavy atom. The van der Waals surface area contributed by atoms with Crippen LogP contribution in [0.25, 0.3) is 0 Å². The van der Waals surface area contributed by atoms with Crippen molar-refractivity contribution in [3.8, 4) is 5.75 Å². The molecule has 0 unspecified atom stereocenters. The van der Waals surface area contributed by atoms with Crippen LogP contribution in [0.1, 0.15) is 18.4 Å². The van der Waals surface area contributed by atoms with E-state index in [1.54, 1.807) is 0 Å². The van der Waals surface area contributed by atoms with Gasteiger partial charge in [-0.1, -0.05) is 30.3 Å². The van der Waals surface area contributed by atoms with Gasteiger partial charge in [-0.05, 0) is 36.6 Å². The minimum Gasteiger partial charge on any atom is -0.404 e. The minimum absolute atomic E-state index is 0.0371. The van der Waals surface area contributed by atoms with Crippen LogP contribution in [-0.2, 0) is 16.6 Å². The lowest BCUT2D eigenvalue weighted by atomic mass is 10.1. The third-order valence-corrected chi connectivity index (χ3v) is 6.44. The second kappa shape index (κ2) is 8.00. The zero-order valence-electron chi connectivity index (χ0n) is 15.3. The summed E-state index contributed by atoms with van der Waals surface area (Å²) < 4.78 is 68.8. The van der Waals surface area contributed by atoms with E-state index < -0.39 is 27.0 Å². The fourth-order valence-corrected chi connectivity index (χ4v) is 4.54. The molecule has 0 atom stereocenters. The van der Waals surface area contributed by atoms with E-state index in [1.807, 2.05) is 24.3 Å². The SMILES string of the molecule is CN(Cc1ccccc1N1CCCC1)S(=O)(=O)c1ccccc1OC(F)(F)F. The molecule has 5 nitrogen and oxygen atoms in total. The molecule has 28 heavy (non-hydrogen) atoms. The first kappa shape index (κ1) is 20.5. The Balaban J connectivity index is 1.88. The van der Waals surface area contributed by atoms with Gasteiger partial charge in [0.1, 0.15) is 10.6 Å². The summed E-state index contributed by atoms with van der Waals surface area (Å²) in [4.78, 5) is 1.67. The quantitative estimate of drug-likeness (QED) is 0.717. The molecule has 1 aliphatic heterocycles. The molecule has 0 spiro atoms. The van der Waals surface area contributed by atoms with Gasteiger partial charge in [-0.2, -0.15) is 4.31 Å².